The highest BCUT2D eigenvalue weighted by molar-refractivity contribution is 5.77. The average molecular weight is 343 g/mol. The lowest BCUT2D eigenvalue weighted by Crippen LogP contribution is -2.41. The Morgan fingerprint density at radius 1 is 1.35 bits per heavy atom. The van der Waals surface area contributed by atoms with E-state index in [9.17, 15) is 10.1 Å². The van der Waals surface area contributed by atoms with Gasteiger partial charge < -0.3 is 5.73 Å². The number of rotatable bonds is 2. The third-order valence-corrected chi connectivity index (χ3v) is 4.36. The van der Waals surface area contributed by atoms with E-state index in [1.807, 2.05) is 25.1 Å². The zero-order chi connectivity index (χ0) is 18.3. The predicted octanol–water partition coefficient (Wildman–Crippen LogP) is 1.34. The van der Waals surface area contributed by atoms with Crippen LogP contribution >= 0.6 is 0 Å². The highest BCUT2D eigenvalue weighted by Crippen LogP contribution is 2.15. The van der Waals surface area contributed by atoms with Gasteiger partial charge >= 0.3 is 0 Å². The molecule has 4 aromatic heterocycles. The van der Waals surface area contributed by atoms with Crippen LogP contribution in [0.1, 0.15) is 16.7 Å². The molecule has 2 N–H and O–H groups in total. The van der Waals surface area contributed by atoms with Crippen molar-refractivity contribution in [3.8, 4) is 6.07 Å². The summed E-state index contributed by atoms with van der Waals surface area (Å²) in [6.45, 7) is 2.26. The van der Waals surface area contributed by atoms with Gasteiger partial charge in [-0.05, 0) is 25.1 Å². The van der Waals surface area contributed by atoms with E-state index in [-0.39, 0.29) is 16.9 Å². The lowest BCUT2D eigenvalue weighted by atomic mass is 10.2. The summed E-state index contributed by atoms with van der Waals surface area (Å²) in [6.07, 6.45) is 5.07. The van der Waals surface area contributed by atoms with Gasteiger partial charge in [0.2, 0.25) is 11.5 Å². The SMILES string of the molecule is Cc1cccn2c(=O)c3cc(C#N)c(N)[n+](Cc4cccnc4)c3nc12. The Kier molecular flexibility index (Phi) is 3.59. The molecular weight excluding hydrogens is 328 g/mol. The third kappa shape index (κ3) is 2.36. The number of nitrogens with two attached hydrogens (primary N) is 1. The molecule has 7 nitrogen and oxygen atoms in total. The molecule has 0 aliphatic heterocycles. The van der Waals surface area contributed by atoms with Crippen LogP contribution in [0.25, 0.3) is 16.7 Å². The lowest BCUT2D eigenvalue weighted by Gasteiger charge is -2.10. The summed E-state index contributed by atoms with van der Waals surface area (Å²) in [5.41, 5.74) is 9.01. The number of aromatic nitrogens is 4. The first-order chi connectivity index (χ1) is 12.6. The molecule has 0 aliphatic rings. The molecule has 0 saturated heterocycles. The van der Waals surface area contributed by atoms with Crippen molar-refractivity contribution in [1.29, 1.82) is 5.26 Å². The Morgan fingerprint density at radius 3 is 2.92 bits per heavy atom. The van der Waals surface area contributed by atoms with Crippen LogP contribution in [0, 0.1) is 18.3 Å². The Morgan fingerprint density at radius 2 is 2.19 bits per heavy atom. The predicted molar refractivity (Wildman–Crippen MR) is 96.4 cm³/mol. The number of fused-ring (bicyclic) bond motifs is 2. The molecule has 0 spiro atoms. The number of hydrogen-bond acceptors (Lipinski definition) is 5. The maximum atomic E-state index is 13.0. The molecule has 0 fully saturated rings. The standard InChI is InChI=1S/C19H14N6O/c1-12-4-3-7-24-17(12)23-18-15(19(24)26)8-14(9-20)16(21)25(18)11-13-5-2-6-22-10-13/h2-8,10,21H,11H2,1H3/p+1. The van der Waals surface area contributed by atoms with Crippen molar-refractivity contribution >= 4 is 22.5 Å². The van der Waals surface area contributed by atoms with Crippen molar-refractivity contribution in [3.63, 3.8) is 0 Å². The molecule has 126 valence electrons. The molecule has 4 rings (SSSR count). The summed E-state index contributed by atoms with van der Waals surface area (Å²) in [7, 11) is 0. The highest BCUT2D eigenvalue weighted by atomic mass is 16.1. The first kappa shape index (κ1) is 15.7. The maximum absolute atomic E-state index is 13.0. The Bertz CT molecular complexity index is 1250. The summed E-state index contributed by atoms with van der Waals surface area (Å²) < 4.78 is 3.18. The second-order valence-electron chi connectivity index (χ2n) is 6.04. The van der Waals surface area contributed by atoms with Crippen molar-refractivity contribution in [2.75, 3.05) is 5.73 Å². The smallest absolute Gasteiger partial charge is 0.278 e. The Balaban J connectivity index is 2.13. The minimum atomic E-state index is -0.231. The Hall–Kier alpha value is -3.79. The van der Waals surface area contributed by atoms with Gasteiger partial charge in [-0.1, -0.05) is 17.1 Å². The Labute approximate surface area is 148 Å². The molecule has 0 radical (unpaired) electrons. The van der Waals surface area contributed by atoms with E-state index >= 15 is 0 Å². The van der Waals surface area contributed by atoms with Gasteiger partial charge in [0, 0.05) is 29.7 Å². The number of aryl methyl sites for hydroxylation is 1. The van der Waals surface area contributed by atoms with E-state index < -0.39 is 0 Å². The van der Waals surface area contributed by atoms with E-state index in [4.69, 9.17) is 5.73 Å². The number of nitriles is 1. The summed E-state index contributed by atoms with van der Waals surface area (Å²) in [6, 6.07) is 11.0. The molecule has 4 aromatic rings. The van der Waals surface area contributed by atoms with Crippen LogP contribution in [0.3, 0.4) is 0 Å². The van der Waals surface area contributed by atoms with Crippen molar-refractivity contribution in [1.82, 2.24) is 14.4 Å². The summed E-state index contributed by atoms with van der Waals surface area (Å²) in [4.78, 5) is 21.8. The molecule has 4 heterocycles. The topological polar surface area (TPSA) is 101 Å². The molecule has 0 saturated carbocycles. The summed E-state index contributed by atoms with van der Waals surface area (Å²) >= 11 is 0. The zero-order valence-electron chi connectivity index (χ0n) is 14.0. The third-order valence-electron chi connectivity index (χ3n) is 4.36. The van der Waals surface area contributed by atoms with Gasteiger partial charge in [0.1, 0.15) is 17.0 Å². The largest absolute Gasteiger partial charge is 0.317 e. The maximum Gasteiger partial charge on any atom is 0.278 e. The van der Waals surface area contributed by atoms with Gasteiger partial charge in [-0.15, -0.1) is 0 Å². The quantitative estimate of drug-likeness (QED) is 0.437. The van der Waals surface area contributed by atoms with Crippen LogP contribution in [0.5, 0.6) is 0 Å². The van der Waals surface area contributed by atoms with E-state index in [0.717, 1.165) is 11.1 Å². The fraction of sp³-hybridized carbons (Fsp3) is 0.105. The van der Waals surface area contributed by atoms with Crippen molar-refractivity contribution in [2.45, 2.75) is 13.5 Å². The van der Waals surface area contributed by atoms with Gasteiger partial charge in [0.15, 0.2) is 0 Å². The highest BCUT2D eigenvalue weighted by Gasteiger charge is 2.21. The molecule has 0 aromatic carbocycles. The first-order valence-corrected chi connectivity index (χ1v) is 8.03. The van der Waals surface area contributed by atoms with Crippen LogP contribution in [-0.2, 0) is 6.54 Å². The summed E-state index contributed by atoms with van der Waals surface area (Å²) in [5.74, 6) is 0.272. The number of anilines is 1. The minimum Gasteiger partial charge on any atom is -0.317 e. The normalized spacial score (nSPS) is 10.9. The van der Waals surface area contributed by atoms with E-state index in [1.165, 1.54) is 10.5 Å². The van der Waals surface area contributed by atoms with Crippen molar-refractivity contribution < 1.29 is 4.57 Å². The van der Waals surface area contributed by atoms with Gasteiger partial charge in [-0.3, -0.25) is 14.2 Å². The molecule has 0 amide bonds. The number of nitrogen functional groups attached to an aromatic ring is 1. The molecule has 0 unspecified atom stereocenters. The fourth-order valence-electron chi connectivity index (χ4n) is 3.03. The molecule has 26 heavy (non-hydrogen) atoms. The van der Waals surface area contributed by atoms with Crippen molar-refractivity contribution in [3.05, 3.63) is 76.0 Å². The number of hydrogen-bond donors (Lipinski definition) is 1. The van der Waals surface area contributed by atoms with Gasteiger partial charge in [0.05, 0.1) is 6.54 Å². The second-order valence-corrected chi connectivity index (χ2v) is 6.04. The molecule has 0 atom stereocenters. The van der Waals surface area contributed by atoms with E-state index in [0.29, 0.717) is 23.2 Å². The van der Waals surface area contributed by atoms with Crippen LogP contribution in [-0.4, -0.2) is 14.4 Å². The molecule has 0 bridgehead atoms. The monoisotopic (exact) mass is 343 g/mol. The van der Waals surface area contributed by atoms with Gasteiger partial charge in [-0.2, -0.15) is 5.26 Å². The molecular formula is C19H15N6O+. The molecule has 7 heteroatoms. The van der Waals surface area contributed by atoms with Crippen LogP contribution in [0.4, 0.5) is 5.82 Å². The zero-order valence-corrected chi connectivity index (χ0v) is 14.0. The second kappa shape index (κ2) is 5.93. The van der Waals surface area contributed by atoms with E-state index in [1.54, 1.807) is 29.2 Å². The van der Waals surface area contributed by atoms with Gasteiger partial charge in [0.25, 0.3) is 11.2 Å². The van der Waals surface area contributed by atoms with Crippen LogP contribution < -0.4 is 15.9 Å². The van der Waals surface area contributed by atoms with Crippen molar-refractivity contribution in [2.24, 2.45) is 0 Å². The van der Waals surface area contributed by atoms with Gasteiger partial charge in [-0.25, -0.2) is 4.57 Å². The average Bonchev–Trinajstić information content (AvgIpc) is 2.66. The number of pyridine rings is 3. The van der Waals surface area contributed by atoms with Crippen LogP contribution in [0.2, 0.25) is 0 Å². The summed E-state index contributed by atoms with van der Waals surface area (Å²) in [5, 5.41) is 9.78. The fourth-order valence-corrected chi connectivity index (χ4v) is 3.03. The van der Waals surface area contributed by atoms with Crippen LogP contribution in [0.15, 0.2) is 53.7 Å². The number of nitrogens with zero attached hydrogens (tertiary/aromatic N) is 5. The lowest BCUT2D eigenvalue weighted by molar-refractivity contribution is -0.649. The first-order valence-electron chi connectivity index (χ1n) is 8.03. The molecule has 0 aliphatic carbocycles. The van der Waals surface area contributed by atoms with E-state index in [2.05, 4.69) is 16.0 Å². The minimum absolute atomic E-state index is 0.231.